The van der Waals surface area contributed by atoms with Crippen LogP contribution >= 0.6 is 0 Å². The van der Waals surface area contributed by atoms with Crippen molar-refractivity contribution in [2.45, 2.75) is 24.9 Å². The van der Waals surface area contributed by atoms with Crippen LogP contribution in [0.4, 0.5) is 0 Å². The van der Waals surface area contributed by atoms with Crippen LogP contribution in [0.3, 0.4) is 0 Å². The summed E-state index contributed by atoms with van der Waals surface area (Å²) in [6.07, 6.45) is 2.31. The smallest absolute Gasteiger partial charge is 0.273 e. The van der Waals surface area contributed by atoms with Gasteiger partial charge in [-0.25, -0.2) is 0 Å². The van der Waals surface area contributed by atoms with Crippen LogP contribution in [0.5, 0.6) is 5.75 Å². The first-order chi connectivity index (χ1) is 13.6. The Balaban J connectivity index is 1.48. The molecule has 1 aliphatic carbocycles. The van der Waals surface area contributed by atoms with Crippen LogP contribution in [0.15, 0.2) is 59.1 Å². The molecule has 0 fully saturated rings. The maximum atomic E-state index is 12.5. The van der Waals surface area contributed by atoms with Gasteiger partial charge in [0.1, 0.15) is 11.4 Å². The van der Waals surface area contributed by atoms with Gasteiger partial charge in [0.05, 0.1) is 13.7 Å². The number of hydrogen-bond acceptors (Lipinski definition) is 5. The maximum Gasteiger partial charge on any atom is 0.273 e. The van der Waals surface area contributed by atoms with Gasteiger partial charge in [0, 0.05) is 11.6 Å². The lowest BCUT2D eigenvalue weighted by Gasteiger charge is -2.34. The van der Waals surface area contributed by atoms with Crippen molar-refractivity contribution in [3.63, 3.8) is 0 Å². The van der Waals surface area contributed by atoms with E-state index >= 15 is 0 Å². The van der Waals surface area contributed by atoms with Crippen molar-refractivity contribution in [1.29, 1.82) is 0 Å². The standard InChI is InChI=1S/C22H22N2O4/c1-27-17-9-10-18-16(12-17)8-5-11-22(18,26)14-23-21(25)19-13-20(28-24-19)15-6-3-2-4-7-15/h2-4,6-7,9-10,12-13,26H,5,8,11,14H2,1H3,(H,23,25)/t22-/m0/s1. The van der Waals surface area contributed by atoms with Crippen molar-refractivity contribution in [3.8, 4) is 17.1 Å². The second-order valence-corrected chi connectivity index (χ2v) is 7.03. The van der Waals surface area contributed by atoms with Crippen LogP contribution in [0.2, 0.25) is 0 Å². The molecule has 1 atom stereocenters. The Hall–Kier alpha value is -3.12. The van der Waals surface area contributed by atoms with E-state index in [0.29, 0.717) is 12.2 Å². The second kappa shape index (κ2) is 7.48. The van der Waals surface area contributed by atoms with Crippen molar-refractivity contribution >= 4 is 5.91 Å². The molecule has 1 aromatic heterocycles. The number of benzene rings is 2. The Labute approximate surface area is 163 Å². The number of fused-ring (bicyclic) bond motifs is 1. The highest BCUT2D eigenvalue weighted by molar-refractivity contribution is 5.93. The highest BCUT2D eigenvalue weighted by Crippen LogP contribution is 2.36. The van der Waals surface area contributed by atoms with Crippen molar-refractivity contribution in [1.82, 2.24) is 10.5 Å². The molecule has 3 aromatic rings. The largest absolute Gasteiger partial charge is 0.497 e. The van der Waals surface area contributed by atoms with Crippen LogP contribution in [0, 0.1) is 0 Å². The topological polar surface area (TPSA) is 84.6 Å². The quantitative estimate of drug-likeness (QED) is 0.712. The average Bonchev–Trinajstić information content (AvgIpc) is 3.23. The predicted octanol–water partition coefficient (Wildman–Crippen LogP) is 3.30. The number of hydrogen-bond donors (Lipinski definition) is 2. The van der Waals surface area contributed by atoms with Crippen LogP contribution in [0.1, 0.15) is 34.5 Å². The molecule has 0 saturated carbocycles. The third kappa shape index (κ3) is 3.51. The van der Waals surface area contributed by atoms with Crippen LogP contribution in [-0.2, 0) is 12.0 Å². The Morgan fingerprint density at radius 2 is 2.07 bits per heavy atom. The highest BCUT2D eigenvalue weighted by atomic mass is 16.5. The van der Waals surface area contributed by atoms with Crippen molar-refractivity contribution < 1.29 is 19.2 Å². The van der Waals surface area contributed by atoms with Crippen LogP contribution in [-0.4, -0.2) is 29.8 Å². The number of aromatic nitrogens is 1. The number of aliphatic hydroxyl groups is 1. The van der Waals surface area contributed by atoms with Crippen molar-refractivity contribution in [2.24, 2.45) is 0 Å². The first-order valence-corrected chi connectivity index (χ1v) is 9.29. The zero-order chi connectivity index (χ0) is 19.6. The predicted molar refractivity (Wildman–Crippen MR) is 104 cm³/mol. The van der Waals surface area contributed by atoms with Gasteiger partial charge in [0.15, 0.2) is 11.5 Å². The van der Waals surface area contributed by atoms with Gasteiger partial charge in [-0.1, -0.05) is 41.6 Å². The molecule has 2 aromatic carbocycles. The summed E-state index contributed by atoms with van der Waals surface area (Å²) in [7, 11) is 1.62. The minimum absolute atomic E-state index is 0.110. The summed E-state index contributed by atoms with van der Waals surface area (Å²) in [5, 5.41) is 17.8. The Morgan fingerprint density at radius 3 is 2.86 bits per heavy atom. The number of rotatable bonds is 5. The van der Waals surface area contributed by atoms with E-state index in [9.17, 15) is 9.90 Å². The van der Waals surface area contributed by atoms with E-state index in [4.69, 9.17) is 9.26 Å². The van der Waals surface area contributed by atoms with Crippen molar-refractivity contribution in [2.75, 3.05) is 13.7 Å². The van der Waals surface area contributed by atoms with E-state index in [2.05, 4.69) is 10.5 Å². The van der Waals surface area contributed by atoms with Crippen LogP contribution in [0.25, 0.3) is 11.3 Å². The first-order valence-electron chi connectivity index (χ1n) is 9.29. The van der Waals surface area contributed by atoms with Gasteiger partial charge < -0.3 is 19.7 Å². The fourth-order valence-corrected chi connectivity index (χ4v) is 3.69. The summed E-state index contributed by atoms with van der Waals surface area (Å²) >= 11 is 0. The Bertz CT molecular complexity index is 983. The van der Waals surface area contributed by atoms with E-state index < -0.39 is 5.60 Å². The molecule has 6 nitrogen and oxygen atoms in total. The third-order valence-electron chi connectivity index (χ3n) is 5.19. The molecule has 0 saturated heterocycles. The van der Waals surface area contributed by atoms with E-state index in [1.54, 1.807) is 13.2 Å². The van der Waals surface area contributed by atoms with Gasteiger partial charge in [-0.2, -0.15) is 0 Å². The lowest BCUT2D eigenvalue weighted by atomic mass is 9.79. The molecule has 0 radical (unpaired) electrons. The highest BCUT2D eigenvalue weighted by Gasteiger charge is 2.35. The summed E-state index contributed by atoms with van der Waals surface area (Å²) in [4.78, 5) is 12.5. The van der Waals surface area contributed by atoms with E-state index in [1.807, 2.05) is 48.5 Å². The number of nitrogens with one attached hydrogen (secondary N) is 1. The third-order valence-corrected chi connectivity index (χ3v) is 5.19. The molecule has 1 amide bonds. The summed E-state index contributed by atoms with van der Waals surface area (Å²) in [6.45, 7) is 0.110. The number of carbonyl (C=O) groups is 1. The lowest BCUT2D eigenvalue weighted by molar-refractivity contribution is 0.0188. The fraction of sp³-hybridized carbons (Fsp3) is 0.273. The summed E-state index contributed by atoms with van der Waals surface area (Å²) < 4.78 is 10.6. The van der Waals surface area contributed by atoms with Gasteiger partial charge >= 0.3 is 0 Å². The summed E-state index contributed by atoms with van der Waals surface area (Å²) in [6, 6.07) is 16.7. The molecule has 2 N–H and O–H groups in total. The molecule has 4 rings (SSSR count). The molecule has 28 heavy (non-hydrogen) atoms. The molecule has 1 aliphatic rings. The van der Waals surface area contributed by atoms with Gasteiger partial charge in [0.25, 0.3) is 5.91 Å². The zero-order valence-electron chi connectivity index (χ0n) is 15.6. The van der Waals surface area contributed by atoms with Crippen LogP contribution < -0.4 is 10.1 Å². The SMILES string of the molecule is COc1ccc2c(c1)CCC[C@]2(O)CNC(=O)c1cc(-c2ccccc2)on1. The zero-order valence-corrected chi connectivity index (χ0v) is 15.6. The maximum absolute atomic E-state index is 12.5. The molecule has 0 unspecified atom stereocenters. The number of carbonyl (C=O) groups excluding carboxylic acids is 1. The van der Waals surface area contributed by atoms with Gasteiger partial charge in [0.2, 0.25) is 0 Å². The Kier molecular flexibility index (Phi) is 4.88. The Morgan fingerprint density at radius 1 is 1.25 bits per heavy atom. The molecule has 0 bridgehead atoms. The molecular formula is C22H22N2O4. The normalized spacial score (nSPS) is 18.4. The molecule has 0 aliphatic heterocycles. The molecule has 6 heteroatoms. The summed E-state index contributed by atoms with van der Waals surface area (Å²) in [5.41, 5.74) is 1.82. The van der Waals surface area contributed by atoms with Crippen molar-refractivity contribution in [3.05, 3.63) is 71.4 Å². The number of aryl methyl sites for hydroxylation is 1. The lowest BCUT2D eigenvalue weighted by Crippen LogP contribution is -2.43. The molecule has 0 spiro atoms. The number of ether oxygens (including phenoxy) is 1. The fourth-order valence-electron chi connectivity index (χ4n) is 3.69. The summed E-state index contributed by atoms with van der Waals surface area (Å²) in [5.74, 6) is 0.919. The molecule has 1 heterocycles. The van der Waals surface area contributed by atoms with Gasteiger partial charge in [-0.05, 0) is 42.5 Å². The number of methoxy groups -OCH3 is 1. The van der Waals surface area contributed by atoms with Gasteiger partial charge in [-0.3, -0.25) is 4.79 Å². The van der Waals surface area contributed by atoms with E-state index in [-0.39, 0.29) is 18.1 Å². The first kappa shape index (κ1) is 18.3. The minimum Gasteiger partial charge on any atom is -0.497 e. The minimum atomic E-state index is -1.11. The number of nitrogens with zero attached hydrogens (tertiary/aromatic N) is 1. The van der Waals surface area contributed by atoms with E-state index in [1.165, 1.54) is 0 Å². The van der Waals surface area contributed by atoms with Gasteiger partial charge in [-0.15, -0.1) is 0 Å². The average molecular weight is 378 g/mol. The molecule has 144 valence electrons. The monoisotopic (exact) mass is 378 g/mol. The second-order valence-electron chi connectivity index (χ2n) is 7.03. The van der Waals surface area contributed by atoms with E-state index in [0.717, 1.165) is 35.3 Å². The number of amides is 1. The molecular weight excluding hydrogens is 356 g/mol.